The Bertz CT molecular complexity index is 712. The van der Waals surface area contributed by atoms with Crippen molar-refractivity contribution < 1.29 is 9.90 Å². The van der Waals surface area contributed by atoms with Crippen molar-refractivity contribution in [2.75, 3.05) is 5.32 Å². The Hall–Kier alpha value is -2.33. The van der Waals surface area contributed by atoms with Gasteiger partial charge in [-0.3, -0.25) is 0 Å². The van der Waals surface area contributed by atoms with E-state index >= 15 is 0 Å². The molecule has 114 valence electrons. The molecule has 4 nitrogen and oxygen atoms in total. The number of urea groups is 1. The molecule has 1 aliphatic rings. The Balaban J connectivity index is 1.70. The van der Waals surface area contributed by atoms with Gasteiger partial charge >= 0.3 is 6.03 Å². The summed E-state index contributed by atoms with van der Waals surface area (Å²) in [5.41, 5.74) is 5.15. The highest BCUT2D eigenvalue weighted by Crippen LogP contribution is 2.31. The zero-order valence-electron chi connectivity index (χ0n) is 12.8. The van der Waals surface area contributed by atoms with Crippen LogP contribution in [0.2, 0.25) is 0 Å². The number of carbonyl (C=O) groups is 1. The molecule has 2 amide bonds. The Morgan fingerprint density at radius 3 is 2.68 bits per heavy atom. The normalized spacial score (nSPS) is 19.6. The maximum atomic E-state index is 12.2. The third-order valence-corrected chi connectivity index (χ3v) is 4.26. The van der Waals surface area contributed by atoms with Crippen LogP contribution in [0.15, 0.2) is 42.5 Å². The number of fused-ring (bicyclic) bond motifs is 1. The first-order valence-corrected chi connectivity index (χ1v) is 7.45. The molecule has 4 heteroatoms. The number of aliphatic hydroxyl groups is 1. The molecule has 0 unspecified atom stereocenters. The van der Waals surface area contributed by atoms with Crippen molar-refractivity contribution in [3.05, 3.63) is 64.7 Å². The topological polar surface area (TPSA) is 61.4 Å². The molecule has 3 rings (SSSR count). The fourth-order valence-corrected chi connectivity index (χ4v) is 2.88. The second kappa shape index (κ2) is 5.81. The van der Waals surface area contributed by atoms with Gasteiger partial charge in [-0.05, 0) is 48.2 Å². The maximum absolute atomic E-state index is 12.2. The van der Waals surface area contributed by atoms with Gasteiger partial charge in [0.05, 0.1) is 12.1 Å². The second-order valence-corrected chi connectivity index (χ2v) is 5.85. The lowest BCUT2D eigenvalue weighted by Crippen LogP contribution is -2.36. The van der Waals surface area contributed by atoms with E-state index in [4.69, 9.17) is 0 Å². The molecular formula is C18H20N2O2. The zero-order chi connectivity index (χ0) is 15.7. The molecule has 0 aromatic heterocycles. The summed E-state index contributed by atoms with van der Waals surface area (Å²) < 4.78 is 0. The first-order chi connectivity index (χ1) is 10.5. The van der Waals surface area contributed by atoms with Crippen molar-refractivity contribution in [2.45, 2.75) is 32.4 Å². The first-order valence-electron chi connectivity index (χ1n) is 7.45. The van der Waals surface area contributed by atoms with E-state index in [2.05, 4.69) is 10.6 Å². The number of aryl methyl sites for hydroxylation is 2. The van der Waals surface area contributed by atoms with Crippen LogP contribution >= 0.6 is 0 Å². The smallest absolute Gasteiger partial charge is 0.319 e. The van der Waals surface area contributed by atoms with Crippen LogP contribution in [0.1, 0.15) is 28.3 Å². The second-order valence-electron chi connectivity index (χ2n) is 5.85. The quantitative estimate of drug-likeness (QED) is 0.797. The fourth-order valence-electron chi connectivity index (χ4n) is 2.88. The Labute approximate surface area is 130 Å². The number of hydrogen-bond acceptors (Lipinski definition) is 2. The van der Waals surface area contributed by atoms with Crippen LogP contribution in [0.5, 0.6) is 0 Å². The highest BCUT2D eigenvalue weighted by atomic mass is 16.3. The summed E-state index contributed by atoms with van der Waals surface area (Å²) in [5.74, 6) is 0. The van der Waals surface area contributed by atoms with Crippen LogP contribution < -0.4 is 10.6 Å². The molecular weight excluding hydrogens is 276 g/mol. The van der Waals surface area contributed by atoms with Gasteiger partial charge in [-0.1, -0.05) is 30.3 Å². The molecule has 0 saturated carbocycles. The minimum Gasteiger partial charge on any atom is -0.390 e. The van der Waals surface area contributed by atoms with E-state index < -0.39 is 6.10 Å². The van der Waals surface area contributed by atoms with Crippen molar-refractivity contribution in [3.8, 4) is 0 Å². The minimum atomic E-state index is -0.581. The van der Waals surface area contributed by atoms with Gasteiger partial charge in [0.15, 0.2) is 0 Å². The fraction of sp³-hybridized carbons (Fsp3) is 0.278. The molecule has 0 radical (unpaired) electrons. The van der Waals surface area contributed by atoms with E-state index in [0.29, 0.717) is 6.42 Å². The molecule has 2 aromatic carbocycles. The van der Waals surface area contributed by atoms with Crippen LogP contribution in [-0.4, -0.2) is 17.2 Å². The summed E-state index contributed by atoms with van der Waals surface area (Å²) in [7, 11) is 0. The monoisotopic (exact) mass is 296 g/mol. The number of anilines is 1. The van der Waals surface area contributed by atoms with Crippen LogP contribution in [0.3, 0.4) is 0 Å². The van der Waals surface area contributed by atoms with Gasteiger partial charge in [-0.2, -0.15) is 0 Å². The van der Waals surface area contributed by atoms with E-state index in [0.717, 1.165) is 22.4 Å². The number of aliphatic hydroxyl groups excluding tert-OH is 1. The molecule has 2 atom stereocenters. The predicted octanol–water partition coefficient (Wildman–Crippen LogP) is 3.08. The molecule has 0 saturated heterocycles. The average molecular weight is 296 g/mol. The number of rotatable bonds is 2. The Morgan fingerprint density at radius 1 is 1.14 bits per heavy atom. The summed E-state index contributed by atoms with van der Waals surface area (Å²) in [6, 6.07) is 12.9. The van der Waals surface area contributed by atoms with E-state index in [9.17, 15) is 9.90 Å². The molecule has 1 aliphatic carbocycles. The number of benzene rings is 2. The number of hydrogen-bond donors (Lipinski definition) is 3. The van der Waals surface area contributed by atoms with Crippen LogP contribution in [0.25, 0.3) is 0 Å². The highest BCUT2D eigenvalue weighted by molar-refractivity contribution is 5.89. The van der Waals surface area contributed by atoms with Gasteiger partial charge in [-0.15, -0.1) is 0 Å². The summed E-state index contributed by atoms with van der Waals surface area (Å²) in [4.78, 5) is 12.2. The van der Waals surface area contributed by atoms with E-state index in [1.165, 1.54) is 5.56 Å². The van der Waals surface area contributed by atoms with Gasteiger partial charge in [0.25, 0.3) is 0 Å². The van der Waals surface area contributed by atoms with Crippen molar-refractivity contribution in [2.24, 2.45) is 0 Å². The molecule has 0 bridgehead atoms. The zero-order valence-corrected chi connectivity index (χ0v) is 12.8. The molecule has 22 heavy (non-hydrogen) atoms. The lowest BCUT2D eigenvalue weighted by atomic mass is 10.1. The molecule has 2 aromatic rings. The summed E-state index contributed by atoms with van der Waals surface area (Å²) >= 11 is 0. The maximum Gasteiger partial charge on any atom is 0.319 e. The molecule has 0 heterocycles. The standard InChI is InChI=1S/C18H20N2O2/c1-11-7-8-14(9-12(11)2)19-18(22)20-17-15-6-4-3-5-13(15)10-16(17)21/h3-9,16-17,21H,10H2,1-2H3,(H2,19,20,22)/t16-,17+/m0/s1. The lowest BCUT2D eigenvalue weighted by Gasteiger charge is -2.18. The molecule has 0 aliphatic heterocycles. The number of amides is 2. The first kappa shape index (κ1) is 14.6. The SMILES string of the molecule is Cc1ccc(NC(=O)N[C@@H]2c3ccccc3C[C@@H]2O)cc1C. The van der Waals surface area contributed by atoms with Gasteiger partial charge in [0.1, 0.15) is 0 Å². The van der Waals surface area contributed by atoms with Crippen molar-refractivity contribution in [1.29, 1.82) is 0 Å². The molecule has 0 fully saturated rings. The average Bonchev–Trinajstić information content (AvgIpc) is 2.79. The Morgan fingerprint density at radius 2 is 1.91 bits per heavy atom. The van der Waals surface area contributed by atoms with E-state index in [1.54, 1.807) is 0 Å². The molecule has 0 spiro atoms. The third-order valence-electron chi connectivity index (χ3n) is 4.26. The van der Waals surface area contributed by atoms with Crippen molar-refractivity contribution in [3.63, 3.8) is 0 Å². The van der Waals surface area contributed by atoms with Crippen LogP contribution in [0.4, 0.5) is 10.5 Å². The van der Waals surface area contributed by atoms with Gasteiger partial charge < -0.3 is 15.7 Å². The van der Waals surface area contributed by atoms with Crippen LogP contribution in [-0.2, 0) is 6.42 Å². The largest absolute Gasteiger partial charge is 0.390 e. The van der Waals surface area contributed by atoms with E-state index in [1.807, 2.05) is 56.3 Å². The Kier molecular flexibility index (Phi) is 3.86. The van der Waals surface area contributed by atoms with Crippen LogP contribution in [0, 0.1) is 13.8 Å². The van der Waals surface area contributed by atoms with Crippen molar-refractivity contribution >= 4 is 11.7 Å². The van der Waals surface area contributed by atoms with Gasteiger partial charge in [0.2, 0.25) is 0 Å². The number of carbonyl (C=O) groups excluding carboxylic acids is 1. The third kappa shape index (κ3) is 2.83. The number of nitrogens with one attached hydrogen (secondary N) is 2. The van der Waals surface area contributed by atoms with Gasteiger partial charge in [-0.25, -0.2) is 4.79 Å². The van der Waals surface area contributed by atoms with Gasteiger partial charge in [0, 0.05) is 12.1 Å². The minimum absolute atomic E-state index is 0.302. The predicted molar refractivity (Wildman–Crippen MR) is 87.0 cm³/mol. The lowest BCUT2D eigenvalue weighted by molar-refractivity contribution is 0.144. The summed E-state index contributed by atoms with van der Waals surface area (Å²) in [6.07, 6.45) is -0.00648. The summed E-state index contributed by atoms with van der Waals surface area (Å²) in [5, 5.41) is 15.9. The van der Waals surface area contributed by atoms with E-state index in [-0.39, 0.29) is 12.1 Å². The molecule has 3 N–H and O–H groups in total. The summed E-state index contributed by atoms with van der Waals surface area (Å²) in [6.45, 7) is 4.04. The van der Waals surface area contributed by atoms with Crippen molar-refractivity contribution in [1.82, 2.24) is 5.32 Å². The highest BCUT2D eigenvalue weighted by Gasteiger charge is 2.31.